The first-order chi connectivity index (χ1) is 13.0. The number of rotatable bonds is 5. The molecule has 3 rings (SSSR count). The van der Waals surface area contributed by atoms with Gasteiger partial charge in [-0.1, -0.05) is 42.5 Å². The molecule has 0 aliphatic carbocycles. The fourth-order valence-corrected chi connectivity index (χ4v) is 3.62. The number of phenolic OH excluding ortho intramolecular Hbond substituents is 1. The molecule has 1 heterocycles. The van der Waals surface area contributed by atoms with E-state index in [-0.39, 0.29) is 11.7 Å². The maximum absolute atomic E-state index is 12.9. The molecule has 0 saturated carbocycles. The molecular weight excluding hydrogens is 342 g/mol. The van der Waals surface area contributed by atoms with Gasteiger partial charge in [-0.05, 0) is 42.0 Å². The maximum Gasteiger partial charge on any atom is 0.312 e. The predicted octanol–water partition coefficient (Wildman–Crippen LogP) is 2.38. The van der Waals surface area contributed by atoms with Crippen LogP contribution in [0, 0.1) is 0 Å². The first-order valence-electron chi connectivity index (χ1n) is 9.20. The number of phenols is 1. The van der Waals surface area contributed by atoms with Crippen molar-refractivity contribution >= 4 is 11.9 Å². The van der Waals surface area contributed by atoms with Gasteiger partial charge in [0.25, 0.3) is 0 Å². The summed E-state index contributed by atoms with van der Waals surface area (Å²) in [6, 6.07) is 15.5. The van der Waals surface area contributed by atoms with E-state index in [1.807, 2.05) is 42.5 Å². The zero-order chi connectivity index (χ0) is 19.2. The standard InChI is InChI=1S/C21H25N3O3/c22-21(27)23-19(14-15-4-2-1-3-5-15)20(26)24-12-10-17(11-13-24)16-6-8-18(25)9-7-16/h1-9,17,19,25H,10-14H2,(H3,22,23,27). The summed E-state index contributed by atoms with van der Waals surface area (Å²) in [6.07, 6.45) is 2.12. The Hall–Kier alpha value is -3.02. The van der Waals surface area contributed by atoms with Gasteiger partial charge in [-0.25, -0.2) is 4.79 Å². The summed E-state index contributed by atoms with van der Waals surface area (Å²) in [5, 5.41) is 12.0. The molecule has 0 spiro atoms. The highest BCUT2D eigenvalue weighted by molar-refractivity contribution is 5.87. The lowest BCUT2D eigenvalue weighted by molar-refractivity contribution is -0.134. The average Bonchev–Trinajstić information content (AvgIpc) is 2.68. The van der Waals surface area contributed by atoms with Crippen LogP contribution in [0.4, 0.5) is 4.79 Å². The van der Waals surface area contributed by atoms with Gasteiger partial charge in [-0.2, -0.15) is 0 Å². The number of nitrogens with one attached hydrogen (secondary N) is 1. The van der Waals surface area contributed by atoms with Crippen molar-refractivity contribution in [2.75, 3.05) is 13.1 Å². The second kappa shape index (κ2) is 8.58. The van der Waals surface area contributed by atoms with Gasteiger partial charge in [0.05, 0.1) is 0 Å². The molecule has 4 N–H and O–H groups in total. The number of benzene rings is 2. The number of primary amides is 1. The lowest BCUT2D eigenvalue weighted by atomic mass is 9.89. The first-order valence-corrected chi connectivity index (χ1v) is 9.20. The zero-order valence-electron chi connectivity index (χ0n) is 15.2. The van der Waals surface area contributed by atoms with Crippen molar-refractivity contribution in [3.8, 4) is 5.75 Å². The first kappa shape index (κ1) is 18.8. The Morgan fingerprint density at radius 1 is 1.07 bits per heavy atom. The number of likely N-dealkylation sites (tertiary alicyclic amines) is 1. The van der Waals surface area contributed by atoms with Crippen LogP contribution in [0.1, 0.15) is 29.9 Å². The smallest absolute Gasteiger partial charge is 0.312 e. The lowest BCUT2D eigenvalue weighted by Gasteiger charge is -2.34. The Kier molecular flexibility index (Phi) is 5.96. The summed E-state index contributed by atoms with van der Waals surface area (Å²) in [6.45, 7) is 1.27. The molecule has 1 fully saturated rings. The number of aromatic hydroxyl groups is 1. The number of hydrogen-bond acceptors (Lipinski definition) is 3. The van der Waals surface area contributed by atoms with E-state index in [0.29, 0.717) is 25.4 Å². The van der Waals surface area contributed by atoms with E-state index in [2.05, 4.69) is 5.32 Å². The van der Waals surface area contributed by atoms with Crippen LogP contribution in [0.5, 0.6) is 5.75 Å². The van der Waals surface area contributed by atoms with Crippen molar-refractivity contribution in [2.45, 2.75) is 31.2 Å². The van der Waals surface area contributed by atoms with Crippen LogP contribution in [0.2, 0.25) is 0 Å². The molecule has 0 radical (unpaired) electrons. The fourth-order valence-electron chi connectivity index (χ4n) is 3.62. The van der Waals surface area contributed by atoms with E-state index in [0.717, 1.165) is 18.4 Å². The second-order valence-corrected chi connectivity index (χ2v) is 6.94. The van der Waals surface area contributed by atoms with Crippen LogP contribution < -0.4 is 11.1 Å². The minimum absolute atomic E-state index is 0.0955. The van der Waals surface area contributed by atoms with Gasteiger partial charge in [-0.15, -0.1) is 0 Å². The number of hydrogen-bond donors (Lipinski definition) is 3. The zero-order valence-corrected chi connectivity index (χ0v) is 15.2. The minimum Gasteiger partial charge on any atom is -0.508 e. The summed E-state index contributed by atoms with van der Waals surface area (Å²) in [4.78, 5) is 26.1. The van der Waals surface area contributed by atoms with E-state index < -0.39 is 12.1 Å². The van der Waals surface area contributed by atoms with Gasteiger partial charge in [0.2, 0.25) is 5.91 Å². The van der Waals surface area contributed by atoms with Gasteiger partial charge in [0.15, 0.2) is 0 Å². The number of urea groups is 1. The van der Waals surface area contributed by atoms with Crippen molar-refractivity contribution in [1.29, 1.82) is 0 Å². The van der Waals surface area contributed by atoms with Crippen molar-refractivity contribution in [3.63, 3.8) is 0 Å². The molecule has 27 heavy (non-hydrogen) atoms. The van der Waals surface area contributed by atoms with Crippen LogP contribution in [0.25, 0.3) is 0 Å². The molecule has 1 unspecified atom stereocenters. The highest BCUT2D eigenvalue weighted by atomic mass is 16.3. The molecule has 0 bridgehead atoms. The van der Waals surface area contributed by atoms with E-state index in [1.54, 1.807) is 17.0 Å². The Balaban J connectivity index is 1.62. The monoisotopic (exact) mass is 367 g/mol. The quantitative estimate of drug-likeness (QED) is 0.757. The molecular formula is C21H25N3O3. The predicted molar refractivity (Wildman–Crippen MR) is 103 cm³/mol. The molecule has 1 aliphatic heterocycles. The summed E-state index contributed by atoms with van der Waals surface area (Å²) >= 11 is 0. The van der Waals surface area contributed by atoms with Crippen LogP contribution in [0.3, 0.4) is 0 Å². The Labute approximate surface area is 159 Å². The van der Waals surface area contributed by atoms with E-state index in [1.165, 1.54) is 5.56 Å². The van der Waals surface area contributed by atoms with E-state index >= 15 is 0 Å². The summed E-state index contributed by atoms with van der Waals surface area (Å²) in [5.74, 6) is 0.528. The van der Waals surface area contributed by atoms with Crippen molar-refractivity contribution in [2.24, 2.45) is 5.73 Å². The molecule has 6 nitrogen and oxygen atoms in total. The maximum atomic E-state index is 12.9. The molecule has 6 heteroatoms. The summed E-state index contributed by atoms with van der Waals surface area (Å²) in [5.41, 5.74) is 7.44. The fraction of sp³-hybridized carbons (Fsp3) is 0.333. The summed E-state index contributed by atoms with van der Waals surface area (Å²) < 4.78 is 0. The largest absolute Gasteiger partial charge is 0.508 e. The third-order valence-corrected chi connectivity index (χ3v) is 5.07. The number of amides is 3. The molecule has 1 atom stereocenters. The number of nitrogens with zero attached hydrogens (tertiary/aromatic N) is 1. The van der Waals surface area contributed by atoms with Crippen LogP contribution in [-0.4, -0.2) is 41.1 Å². The Morgan fingerprint density at radius 2 is 1.70 bits per heavy atom. The molecule has 1 aliphatic rings. The third-order valence-electron chi connectivity index (χ3n) is 5.07. The van der Waals surface area contributed by atoms with Gasteiger partial charge >= 0.3 is 6.03 Å². The van der Waals surface area contributed by atoms with Gasteiger partial charge in [0.1, 0.15) is 11.8 Å². The number of carbonyl (C=O) groups is 2. The molecule has 142 valence electrons. The summed E-state index contributed by atoms with van der Waals surface area (Å²) in [7, 11) is 0. The van der Waals surface area contributed by atoms with Crippen molar-refractivity contribution in [1.82, 2.24) is 10.2 Å². The van der Waals surface area contributed by atoms with Crippen LogP contribution >= 0.6 is 0 Å². The van der Waals surface area contributed by atoms with Crippen LogP contribution in [0.15, 0.2) is 54.6 Å². The van der Waals surface area contributed by atoms with Crippen molar-refractivity contribution < 1.29 is 14.7 Å². The normalized spacial score (nSPS) is 15.9. The number of nitrogens with two attached hydrogens (primary N) is 1. The molecule has 3 amide bonds. The van der Waals surface area contributed by atoms with Gasteiger partial charge in [0, 0.05) is 19.5 Å². The average molecular weight is 367 g/mol. The molecule has 2 aromatic carbocycles. The second-order valence-electron chi connectivity index (χ2n) is 6.94. The van der Waals surface area contributed by atoms with Gasteiger partial charge in [-0.3, -0.25) is 4.79 Å². The molecule has 1 saturated heterocycles. The van der Waals surface area contributed by atoms with E-state index in [9.17, 15) is 14.7 Å². The number of carbonyl (C=O) groups excluding carboxylic acids is 2. The highest BCUT2D eigenvalue weighted by Gasteiger charge is 2.29. The Morgan fingerprint density at radius 3 is 2.30 bits per heavy atom. The SMILES string of the molecule is NC(=O)NC(Cc1ccccc1)C(=O)N1CCC(c2ccc(O)cc2)CC1. The lowest BCUT2D eigenvalue weighted by Crippen LogP contribution is -2.52. The highest BCUT2D eigenvalue weighted by Crippen LogP contribution is 2.29. The topological polar surface area (TPSA) is 95.7 Å². The molecule has 2 aromatic rings. The third kappa shape index (κ3) is 5.00. The number of piperidine rings is 1. The van der Waals surface area contributed by atoms with E-state index in [4.69, 9.17) is 5.73 Å². The Bertz CT molecular complexity index is 769. The van der Waals surface area contributed by atoms with Crippen molar-refractivity contribution in [3.05, 3.63) is 65.7 Å². The van der Waals surface area contributed by atoms with Crippen LogP contribution in [-0.2, 0) is 11.2 Å². The minimum atomic E-state index is -0.691. The molecule has 0 aromatic heterocycles. The van der Waals surface area contributed by atoms with Gasteiger partial charge < -0.3 is 21.1 Å².